The molecule has 0 amide bonds. The van der Waals surface area contributed by atoms with Gasteiger partial charge in [-0.15, -0.1) is 10.2 Å². The Morgan fingerprint density at radius 1 is 1.04 bits per heavy atom. The summed E-state index contributed by atoms with van der Waals surface area (Å²) >= 11 is 12.8. The zero-order chi connectivity index (χ0) is 18.4. The van der Waals surface area contributed by atoms with Gasteiger partial charge < -0.3 is 5.32 Å². The van der Waals surface area contributed by atoms with E-state index in [1.54, 1.807) is 0 Å². The number of aliphatic imine (C=N–C) groups is 1. The first kappa shape index (κ1) is 16.9. The number of hydrogen-bond acceptors (Lipinski definition) is 4. The van der Waals surface area contributed by atoms with Gasteiger partial charge in [0.05, 0.1) is 17.9 Å². The monoisotopic (exact) mass is 397 g/mol. The van der Waals surface area contributed by atoms with Crippen molar-refractivity contribution in [3.05, 3.63) is 75.3 Å². The fourth-order valence-electron chi connectivity index (χ4n) is 3.38. The minimum absolute atomic E-state index is 0.434. The predicted molar refractivity (Wildman–Crippen MR) is 107 cm³/mol. The second-order valence-electron chi connectivity index (χ2n) is 6.83. The molecule has 5 nitrogen and oxygen atoms in total. The highest BCUT2D eigenvalue weighted by atomic mass is 35.5. The fraction of sp³-hybridized carbons (Fsp3) is 0.250. The standard InChI is InChI=1S/C20H17Cl2N5/c21-12-5-8-17-15(9-12)20(14-3-1-2-4-16(14)22)24-11-19-26-25-18(27(17)19)10-23-13-6-7-13/h1-5,8-9,13,23H,6-7,10-11H2. The maximum Gasteiger partial charge on any atom is 0.159 e. The van der Waals surface area contributed by atoms with Crippen molar-refractivity contribution in [1.82, 2.24) is 20.1 Å². The van der Waals surface area contributed by atoms with Gasteiger partial charge in [-0.2, -0.15) is 0 Å². The van der Waals surface area contributed by atoms with Crippen LogP contribution in [0.2, 0.25) is 10.0 Å². The van der Waals surface area contributed by atoms with Gasteiger partial charge in [-0.05, 0) is 37.1 Å². The van der Waals surface area contributed by atoms with Crippen LogP contribution in [0, 0.1) is 0 Å². The van der Waals surface area contributed by atoms with E-state index in [4.69, 9.17) is 28.2 Å². The third kappa shape index (κ3) is 3.16. The lowest BCUT2D eigenvalue weighted by atomic mass is 10.0. The van der Waals surface area contributed by atoms with Gasteiger partial charge in [0, 0.05) is 27.2 Å². The third-order valence-electron chi connectivity index (χ3n) is 4.89. The molecule has 2 heterocycles. The van der Waals surface area contributed by atoms with E-state index >= 15 is 0 Å². The topological polar surface area (TPSA) is 55.1 Å². The molecule has 7 heteroatoms. The van der Waals surface area contributed by atoms with Crippen molar-refractivity contribution >= 4 is 28.9 Å². The average Bonchev–Trinajstić information content (AvgIpc) is 3.44. The van der Waals surface area contributed by atoms with Crippen LogP contribution in [0.25, 0.3) is 5.69 Å². The van der Waals surface area contributed by atoms with Crippen LogP contribution in [-0.2, 0) is 13.1 Å². The van der Waals surface area contributed by atoms with Crippen molar-refractivity contribution in [3.63, 3.8) is 0 Å². The first-order valence-electron chi connectivity index (χ1n) is 8.97. The Bertz CT molecular complexity index is 1050. The van der Waals surface area contributed by atoms with Gasteiger partial charge in [0.15, 0.2) is 11.6 Å². The van der Waals surface area contributed by atoms with Gasteiger partial charge in [-0.3, -0.25) is 9.56 Å². The maximum atomic E-state index is 6.47. The molecule has 0 saturated heterocycles. The summed E-state index contributed by atoms with van der Waals surface area (Å²) < 4.78 is 2.09. The van der Waals surface area contributed by atoms with Gasteiger partial charge in [0.25, 0.3) is 0 Å². The van der Waals surface area contributed by atoms with Crippen LogP contribution in [0.4, 0.5) is 0 Å². The molecule has 2 aromatic carbocycles. The van der Waals surface area contributed by atoms with Crippen molar-refractivity contribution in [2.75, 3.05) is 0 Å². The molecule has 0 bridgehead atoms. The molecule has 0 atom stereocenters. The molecular formula is C20H17Cl2N5. The highest BCUT2D eigenvalue weighted by molar-refractivity contribution is 6.36. The smallest absolute Gasteiger partial charge is 0.159 e. The van der Waals surface area contributed by atoms with Crippen LogP contribution in [0.3, 0.4) is 0 Å². The summed E-state index contributed by atoms with van der Waals surface area (Å²) in [5.41, 5.74) is 3.62. The summed E-state index contributed by atoms with van der Waals surface area (Å²) in [6.45, 7) is 1.12. The van der Waals surface area contributed by atoms with Crippen molar-refractivity contribution < 1.29 is 0 Å². The molecule has 3 aromatic rings. The summed E-state index contributed by atoms with van der Waals surface area (Å²) in [5.74, 6) is 1.70. The highest BCUT2D eigenvalue weighted by Gasteiger charge is 2.26. The lowest BCUT2D eigenvalue weighted by molar-refractivity contribution is 0.645. The number of halogens is 2. The minimum Gasteiger partial charge on any atom is -0.307 e. The highest BCUT2D eigenvalue weighted by Crippen LogP contribution is 2.30. The number of benzene rings is 2. The van der Waals surface area contributed by atoms with Crippen molar-refractivity contribution in [2.45, 2.75) is 32.0 Å². The minimum atomic E-state index is 0.434. The third-order valence-corrected chi connectivity index (χ3v) is 5.45. The second-order valence-corrected chi connectivity index (χ2v) is 7.67. The van der Waals surface area contributed by atoms with Gasteiger partial charge in [-0.25, -0.2) is 0 Å². The van der Waals surface area contributed by atoms with Gasteiger partial charge in [-0.1, -0.05) is 41.4 Å². The van der Waals surface area contributed by atoms with Gasteiger partial charge in [0.2, 0.25) is 0 Å². The van der Waals surface area contributed by atoms with E-state index in [0.717, 1.165) is 34.2 Å². The normalized spacial score (nSPS) is 15.7. The lowest BCUT2D eigenvalue weighted by Crippen LogP contribution is -2.19. The average molecular weight is 398 g/mol. The number of hydrogen-bond donors (Lipinski definition) is 1. The summed E-state index contributed by atoms with van der Waals surface area (Å²) in [7, 11) is 0. The molecule has 27 heavy (non-hydrogen) atoms. The van der Waals surface area contributed by atoms with Crippen molar-refractivity contribution in [2.24, 2.45) is 4.99 Å². The predicted octanol–water partition coefficient (Wildman–Crippen LogP) is 4.18. The Hall–Kier alpha value is -2.21. The Kier molecular flexibility index (Phi) is 4.23. The molecule has 1 N–H and O–H groups in total. The zero-order valence-electron chi connectivity index (χ0n) is 14.5. The number of nitrogens with one attached hydrogen (secondary N) is 1. The van der Waals surface area contributed by atoms with Crippen LogP contribution >= 0.6 is 23.2 Å². The number of aromatic nitrogens is 3. The van der Waals surface area contributed by atoms with Crippen LogP contribution in [0.1, 0.15) is 35.6 Å². The quantitative estimate of drug-likeness (QED) is 0.718. The Balaban J connectivity index is 1.66. The summed E-state index contributed by atoms with van der Waals surface area (Å²) in [6, 6.07) is 14.2. The molecule has 0 unspecified atom stereocenters. The van der Waals surface area contributed by atoms with E-state index in [9.17, 15) is 0 Å². The van der Waals surface area contributed by atoms with E-state index in [1.165, 1.54) is 12.8 Å². The molecule has 1 aromatic heterocycles. The van der Waals surface area contributed by atoms with Crippen LogP contribution in [-0.4, -0.2) is 26.5 Å². The molecule has 1 fully saturated rings. The number of fused-ring (bicyclic) bond motifs is 3. The maximum absolute atomic E-state index is 6.47. The van der Waals surface area contributed by atoms with E-state index in [1.807, 2.05) is 42.5 Å². The molecule has 136 valence electrons. The van der Waals surface area contributed by atoms with Crippen LogP contribution in [0.15, 0.2) is 47.5 Å². The number of rotatable bonds is 4. The molecule has 1 aliphatic carbocycles. The molecule has 1 aliphatic heterocycles. The molecule has 5 rings (SSSR count). The molecule has 2 aliphatic rings. The zero-order valence-corrected chi connectivity index (χ0v) is 16.0. The van der Waals surface area contributed by atoms with E-state index in [-0.39, 0.29) is 0 Å². The van der Waals surface area contributed by atoms with Crippen LogP contribution in [0.5, 0.6) is 0 Å². The summed E-state index contributed by atoms with van der Waals surface area (Å²) in [6.07, 6.45) is 2.46. The Labute approximate surface area is 167 Å². The first-order chi connectivity index (χ1) is 13.2. The molecular weight excluding hydrogens is 381 g/mol. The van der Waals surface area contributed by atoms with E-state index < -0.39 is 0 Å². The summed E-state index contributed by atoms with van der Waals surface area (Å²) in [4.78, 5) is 4.83. The second kappa shape index (κ2) is 6.75. The van der Waals surface area contributed by atoms with Crippen molar-refractivity contribution in [3.8, 4) is 5.69 Å². The van der Waals surface area contributed by atoms with Crippen molar-refractivity contribution in [1.29, 1.82) is 0 Å². The molecule has 1 saturated carbocycles. The van der Waals surface area contributed by atoms with E-state index in [2.05, 4.69) is 20.1 Å². The fourth-order valence-corrected chi connectivity index (χ4v) is 3.78. The van der Waals surface area contributed by atoms with Gasteiger partial charge in [0.1, 0.15) is 6.54 Å². The Morgan fingerprint density at radius 3 is 2.70 bits per heavy atom. The molecule has 0 spiro atoms. The molecule has 0 radical (unpaired) electrons. The first-order valence-corrected chi connectivity index (χ1v) is 9.72. The van der Waals surface area contributed by atoms with Crippen LogP contribution < -0.4 is 5.32 Å². The lowest BCUT2D eigenvalue weighted by Gasteiger charge is -2.14. The van der Waals surface area contributed by atoms with Gasteiger partial charge >= 0.3 is 0 Å². The number of nitrogens with zero attached hydrogens (tertiary/aromatic N) is 4. The van der Waals surface area contributed by atoms with E-state index in [0.29, 0.717) is 29.2 Å². The largest absolute Gasteiger partial charge is 0.307 e. The summed E-state index contributed by atoms with van der Waals surface area (Å²) in [5, 5.41) is 13.6. The Morgan fingerprint density at radius 2 is 1.89 bits per heavy atom. The SMILES string of the molecule is Clc1ccc2c(c1)C(c1ccccc1Cl)=NCc1nnc(CNC3CC3)n1-2.